The summed E-state index contributed by atoms with van der Waals surface area (Å²) in [5, 5.41) is 0. The first-order valence-electron chi connectivity index (χ1n) is 12.9. The molecule has 35 heavy (non-hydrogen) atoms. The van der Waals surface area contributed by atoms with E-state index in [1.54, 1.807) is 66.9 Å². The Morgan fingerprint density at radius 3 is 1.06 bits per heavy atom. The third kappa shape index (κ3) is 7.05. The topological polar surface area (TPSA) is 0 Å². The molecule has 0 nitrogen and oxygen atoms in total. The molecule has 6 rings (SSSR count). The third-order valence-electron chi connectivity index (χ3n) is 7.50. The molecule has 0 spiro atoms. The van der Waals surface area contributed by atoms with Crippen molar-refractivity contribution in [3.8, 4) is 0 Å². The molecular formula is C34H40Y-2. The average molecular weight is 538 g/mol. The summed E-state index contributed by atoms with van der Waals surface area (Å²) < 4.78 is 0. The summed E-state index contributed by atoms with van der Waals surface area (Å²) >= 11 is 0. The van der Waals surface area contributed by atoms with E-state index < -0.39 is 0 Å². The number of rotatable bonds is 1. The fraction of sp³-hybridized carbons (Fsp3) is 0.412. The van der Waals surface area contributed by atoms with Crippen LogP contribution in [-0.4, -0.2) is 0 Å². The third-order valence-corrected chi connectivity index (χ3v) is 7.50. The Morgan fingerprint density at radius 2 is 0.743 bits per heavy atom. The first-order valence-corrected chi connectivity index (χ1v) is 12.9. The van der Waals surface area contributed by atoms with E-state index in [0.717, 1.165) is 0 Å². The minimum atomic E-state index is 0. The van der Waals surface area contributed by atoms with E-state index in [9.17, 15) is 0 Å². The van der Waals surface area contributed by atoms with Crippen LogP contribution >= 0.6 is 0 Å². The molecule has 181 valence electrons. The van der Waals surface area contributed by atoms with Crippen LogP contribution in [0.2, 0.25) is 0 Å². The zero-order valence-electron chi connectivity index (χ0n) is 22.7. The van der Waals surface area contributed by atoms with Crippen molar-refractivity contribution < 1.29 is 32.7 Å². The molecule has 0 heterocycles. The van der Waals surface area contributed by atoms with Crippen LogP contribution in [0.5, 0.6) is 0 Å². The molecule has 0 bridgehead atoms. The van der Waals surface area contributed by atoms with Gasteiger partial charge in [-0.2, -0.15) is 0 Å². The summed E-state index contributed by atoms with van der Waals surface area (Å²) in [4.78, 5) is 0. The molecule has 0 fully saturated rings. The minimum Gasteiger partial charge on any atom is -0.391 e. The van der Waals surface area contributed by atoms with E-state index in [0.29, 0.717) is 0 Å². The van der Waals surface area contributed by atoms with Gasteiger partial charge in [-0.25, -0.2) is 0 Å². The minimum absolute atomic E-state index is 0. The maximum Gasteiger partial charge on any atom is 0 e. The zero-order valence-corrected chi connectivity index (χ0v) is 25.5. The van der Waals surface area contributed by atoms with E-state index in [4.69, 9.17) is 0 Å². The first-order chi connectivity index (χ1) is 16.4. The van der Waals surface area contributed by atoms with E-state index >= 15 is 0 Å². The van der Waals surface area contributed by atoms with Crippen LogP contribution in [-0.2, 0) is 32.7 Å². The largest absolute Gasteiger partial charge is 0.391 e. The van der Waals surface area contributed by atoms with Gasteiger partial charge in [0.05, 0.1) is 0 Å². The summed E-state index contributed by atoms with van der Waals surface area (Å²) in [5.74, 6) is 0. The van der Waals surface area contributed by atoms with Crippen molar-refractivity contribution in [3.05, 3.63) is 115 Å². The van der Waals surface area contributed by atoms with Crippen molar-refractivity contribution >= 4 is 0 Å². The maximum absolute atomic E-state index is 2.83. The molecule has 0 saturated heterocycles. The normalized spacial score (nSPS) is 22.0. The molecule has 0 aromatic heterocycles. The van der Waals surface area contributed by atoms with Gasteiger partial charge in [-0.3, -0.25) is 0 Å². The predicted octanol–water partition coefficient (Wildman–Crippen LogP) is 9.89. The van der Waals surface area contributed by atoms with E-state index in [-0.39, 0.29) is 32.7 Å². The van der Waals surface area contributed by atoms with Gasteiger partial charge in [0.1, 0.15) is 0 Å². The molecule has 6 aliphatic carbocycles. The Bertz CT molecular complexity index is 1080. The molecule has 1 heteroatoms. The first kappa shape index (κ1) is 28.1. The van der Waals surface area contributed by atoms with Gasteiger partial charge in [0, 0.05) is 32.7 Å². The van der Waals surface area contributed by atoms with E-state index in [2.05, 4.69) is 64.2 Å². The van der Waals surface area contributed by atoms with E-state index in [1.165, 1.54) is 51.4 Å². The second kappa shape index (κ2) is 12.6. The molecule has 0 aromatic rings. The molecule has 0 aromatic carbocycles. The summed E-state index contributed by atoms with van der Waals surface area (Å²) in [7, 11) is 0. The SMILES string of the molecule is CC1=CC2=C(C1)CC1=C(C=C(C)C1)C2.CC1=CC2=C(C1)CC1=C(CC(C)=C1)C2.C[C-]=CC=[C-]C.[Y]. The number of hydrogen-bond donors (Lipinski definition) is 0. The van der Waals surface area contributed by atoms with Crippen molar-refractivity contribution in [1.82, 2.24) is 0 Å². The molecule has 0 saturated carbocycles. The molecule has 0 N–H and O–H groups in total. The van der Waals surface area contributed by atoms with Crippen LogP contribution in [0.1, 0.15) is 92.9 Å². The maximum atomic E-state index is 2.83. The summed E-state index contributed by atoms with van der Waals surface area (Å²) in [6, 6.07) is 0. The van der Waals surface area contributed by atoms with Gasteiger partial charge < -0.3 is 24.3 Å². The van der Waals surface area contributed by atoms with Crippen LogP contribution in [0.3, 0.4) is 0 Å². The Hall–Kier alpha value is -1.50. The fourth-order valence-corrected chi connectivity index (χ4v) is 6.10. The second-order valence-electron chi connectivity index (χ2n) is 10.8. The molecule has 0 atom stereocenters. The fourth-order valence-electron chi connectivity index (χ4n) is 6.10. The predicted molar refractivity (Wildman–Crippen MR) is 147 cm³/mol. The van der Waals surface area contributed by atoms with Crippen molar-refractivity contribution in [3.63, 3.8) is 0 Å². The molecule has 6 aliphatic rings. The van der Waals surface area contributed by atoms with Gasteiger partial charge in [-0.15, -0.1) is 13.8 Å². The van der Waals surface area contributed by atoms with Gasteiger partial charge in [0.25, 0.3) is 0 Å². The van der Waals surface area contributed by atoms with Crippen molar-refractivity contribution in [2.24, 2.45) is 0 Å². The van der Waals surface area contributed by atoms with Crippen LogP contribution in [0.25, 0.3) is 0 Å². The number of allylic oxidation sites excluding steroid dienone is 20. The Kier molecular flexibility index (Phi) is 10.1. The summed E-state index contributed by atoms with van der Waals surface area (Å²) in [5.41, 5.74) is 19.5. The number of hydrogen-bond acceptors (Lipinski definition) is 0. The standard InChI is InChI=1S/2C14H16.C6H8.Y/c2*1-9-3-11-7-13-5-10(2)6-14(13)8-12(11)4-9;1-3-5-6-4-2;/h3,6H,4-5,7-8H2,1-2H3;3,5H,4,6-8H2,1-2H3;5-6H,1-2H3;/q;;-2;. The Balaban J connectivity index is 0.000000157. The van der Waals surface area contributed by atoms with Crippen molar-refractivity contribution in [2.45, 2.75) is 92.9 Å². The monoisotopic (exact) mass is 537 g/mol. The van der Waals surface area contributed by atoms with Crippen LogP contribution in [0, 0.1) is 12.2 Å². The van der Waals surface area contributed by atoms with Gasteiger partial charge in [-0.1, -0.05) is 68.9 Å². The quantitative estimate of drug-likeness (QED) is 0.231. The Morgan fingerprint density at radius 1 is 0.457 bits per heavy atom. The van der Waals surface area contributed by atoms with Crippen LogP contribution in [0.15, 0.2) is 103 Å². The Labute approximate surface area is 239 Å². The van der Waals surface area contributed by atoms with Gasteiger partial charge in [0.2, 0.25) is 0 Å². The van der Waals surface area contributed by atoms with Gasteiger partial charge >= 0.3 is 0 Å². The smallest absolute Gasteiger partial charge is 0 e. The summed E-state index contributed by atoms with van der Waals surface area (Å²) in [6.45, 7) is 12.7. The second-order valence-corrected chi connectivity index (χ2v) is 10.8. The van der Waals surface area contributed by atoms with Crippen molar-refractivity contribution in [2.75, 3.05) is 0 Å². The molecule has 0 unspecified atom stereocenters. The molecule has 0 aliphatic heterocycles. The van der Waals surface area contributed by atoms with E-state index in [1.807, 2.05) is 26.0 Å². The van der Waals surface area contributed by atoms with Crippen LogP contribution in [0.4, 0.5) is 0 Å². The molecule has 1 radical (unpaired) electrons. The van der Waals surface area contributed by atoms with Crippen LogP contribution < -0.4 is 0 Å². The summed E-state index contributed by atoms with van der Waals surface area (Å²) in [6.07, 6.45) is 28.8. The van der Waals surface area contributed by atoms with Crippen molar-refractivity contribution in [1.29, 1.82) is 0 Å². The van der Waals surface area contributed by atoms with Gasteiger partial charge in [0.15, 0.2) is 0 Å². The molecular weight excluding hydrogens is 497 g/mol. The zero-order chi connectivity index (χ0) is 24.2. The molecule has 0 amide bonds. The average Bonchev–Trinajstić information content (AvgIpc) is 3.51. The van der Waals surface area contributed by atoms with Gasteiger partial charge in [-0.05, 0) is 101 Å².